The normalized spacial score (nSPS) is 10.8. The van der Waals surface area contributed by atoms with E-state index in [0.29, 0.717) is 12.4 Å². The number of aryl methyl sites for hydroxylation is 1. The molecule has 1 heterocycles. The van der Waals surface area contributed by atoms with E-state index in [-0.39, 0.29) is 5.75 Å². The van der Waals surface area contributed by atoms with Crippen molar-refractivity contribution in [3.8, 4) is 11.5 Å². The zero-order valence-corrected chi connectivity index (χ0v) is 11.6. The van der Waals surface area contributed by atoms with E-state index in [1.54, 1.807) is 24.4 Å². The molecule has 0 bridgehead atoms. The molecule has 19 heavy (non-hydrogen) atoms. The van der Waals surface area contributed by atoms with E-state index in [4.69, 9.17) is 4.74 Å². The van der Waals surface area contributed by atoms with Crippen LogP contribution in [0.4, 0.5) is 5.13 Å². The molecule has 0 aliphatic heterocycles. The van der Waals surface area contributed by atoms with Crippen molar-refractivity contribution in [2.24, 2.45) is 5.10 Å². The second-order valence-corrected chi connectivity index (χ2v) is 4.68. The smallest absolute Gasteiger partial charge is 0.203 e. The Hall–Kier alpha value is -2.08. The van der Waals surface area contributed by atoms with Gasteiger partial charge in [0.2, 0.25) is 5.13 Å². The van der Waals surface area contributed by atoms with Gasteiger partial charge < -0.3 is 9.84 Å². The first-order valence-corrected chi connectivity index (χ1v) is 6.74. The highest BCUT2D eigenvalue weighted by Crippen LogP contribution is 2.26. The predicted molar refractivity (Wildman–Crippen MR) is 77.3 cm³/mol. The molecule has 0 aliphatic carbocycles. The van der Waals surface area contributed by atoms with Crippen molar-refractivity contribution in [2.75, 3.05) is 12.0 Å². The second kappa shape index (κ2) is 6.19. The van der Waals surface area contributed by atoms with Crippen LogP contribution in [-0.4, -0.2) is 22.9 Å². The van der Waals surface area contributed by atoms with Gasteiger partial charge in [0.1, 0.15) is 0 Å². The van der Waals surface area contributed by atoms with Gasteiger partial charge in [-0.15, -0.1) is 11.3 Å². The van der Waals surface area contributed by atoms with Crippen LogP contribution in [0.2, 0.25) is 0 Å². The topological polar surface area (TPSA) is 66.7 Å². The maximum absolute atomic E-state index is 9.58. The fourth-order valence-electron chi connectivity index (χ4n) is 1.45. The van der Waals surface area contributed by atoms with E-state index >= 15 is 0 Å². The number of hydrogen-bond donors (Lipinski definition) is 2. The predicted octanol–water partition coefficient (Wildman–Crippen LogP) is 3.00. The van der Waals surface area contributed by atoms with Crippen molar-refractivity contribution in [1.29, 1.82) is 0 Å². The molecule has 0 atom stereocenters. The monoisotopic (exact) mass is 277 g/mol. The third kappa shape index (κ3) is 3.69. The van der Waals surface area contributed by atoms with Gasteiger partial charge in [-0.05, 0) is 37.6 Å². The molecule has 100 valence electrons. The van der Waals surface area contributed by atoms with Crippen molar-refractivity contribution in [2.45, 2.75) is 13.8 Å². The number of thiazole rings is 1. The number of aromatic hydroxyl groups is 1. The van der Waals surface area contributed by atoms with E-state index in [2.05, 4.69) is 15.5 Å². The third-order valence-corrected chi connectivity index (χ3v) is 3.14. The Labute approximate surface area is 115 Å². The van der Waals surface area contributed by atoms with Gasteiger partial charge in [-0.1, -0.05) is 0 Å². The number of benzene rings is 1. The highest BCUT2D eigenvalue weighted by Gasteiger charge is 2.02. The molecule has 0 amide bonds. The van der Waals surface area contributed by atoms with Gasteiger partial charge >= 0.3 is 0 Å². The van der Waals surface area contributed by atoms with Crippen LogP contribution in [-0.2, 0) is 0 Å². The summed E-state index contributed by atoms with van der Waals surface area (Å²) < 4.78 is 5.30. The van der Waals surface area contributed by atoms with Crippen molar-refractivity contribution in [3.05, 3.63) is 34.8 Å². The van der Waals surface area contributed by atoms with E-state index in [1.807, 2.05) is 19.2 Å². The summed E-state index contributed by atoms with van der Waals surface area (Å²) in [6, 6.07) is 5.08. The lowest BCUT2D eigenvalue weighted by Crippen LogP contribution is -1.94. The summed E-state index contributed by atoms with van der Waals surface area (Å²) in [5.74, 6) is 0.582. The molecular weight excluding hydrogens is 262 g/mol. The number of aromatic nitrogens is 1. The Bertz CT molecular complexity index is 581. The molecule has 0 spiro atoms. The summed E-state index contributed by atoms with van der Waals surface area (Å²) in [5.41, 5.74) is 4.65. The number of nitrogens with zero attached hydrogens (tertiary/aromatic N) is 2. The molecule has 1 aromatic carbocycles. The largest absolute Gasteiger partial charge is 0.504 e. The van der Waals surface area contributed by atoms with Crippen LogP contribution in [0, 0.1) is 6.92 Å². The number of ether oxygens (including phenoxy) is 1. The van der Waals surface area contributed by atoms with Crippen LogP contribution in [0.25, 0.3) is 0 Å². The summed E-state index contributed by atoms with van der Waals surface area (Å²) in [6.45, 7) is 4.30. The van der Waals surface area contributed by atoms with Crippen molar-refractivity contribution < 1.29 is 9.84 Å². The molecule has 0 unspecified atom stereocenters. The van der Waals surface area contributed by atoms with Crippen LogP contribution in [0.15, 0.2) is 28.7 Å². The maximum Gasteiger partial charge on any atom is 0.203 e. The third-order valence-electron chi connectivity index (χ3n) is 2.28. The molecular formula is C13H15N3O2S. The van der Waals surface area contributed by atoms with Gasteiger partial charge in [-0.2, -0.15) is 5.10 Å². The number of phenols is 1. The molecule has 2 rings (SSSR count). The number of hydrogen-bond acceptors (Lipinski definition) is 6. The molecule has 1 aromatic heterocycles. The van der Waals surface area contributed by atoms with Crippen molar-refractivity contribution in [1.82, 2.24) is 4.98 Å². The van der Waals surface area contributed by atoms with E-state index < -0.39 is 0 Å². The average Bonchev–Trinajstić information content (AvgIpc) is 2.79. The quantitative estimate of drug-likeness (QED) is 0.651. The first kappa shape index (κ1) is 13.4. The summed E-state index contributed by atoms with van der Waals surface area (Å²) in [5, 5.41) is 16.4. The number of nitrogens with one attached hydrogen (secondary N) is 1. The van der Waals surface area contributed by atoms with Gasteiger partial charge in [0, 0.05) is 5.38 Å². The Morgan fingerprint density at radius 1 is 1.53 bits per heavy atom. The van der Waals surface area contributed by atoms with Gasteiger partial charge in [-0.25, -0.2) is 4.98 Å². The average molecular weight is 277 g/mol. The van der Waals surface area contributed by atoms with Gasteiger partial charge in [0.15, 0.2) is 11.5 Å². The van der Waals surface area contributed by atoms with E-state index in [9.17, 15) is 5.11 Å². The maximum atomic E-state index is 9.58. The summed E-state index contributed by atoms with van der Waals surface area (Å²) in [7, 11) is 0. The van der Waals surface area contributed by atoms with Crippen LogP contribution in [0.5, 0.6) is 11.5 Å². The van der Waals surface area contributed by atoms with E-state index in [0.717, 1.165) is 16.4 Å². The van der Waals surface area contributed by atoms with Gasteiger partial charge in [0.25, 0.3) is 0 Å². The molecule has 0 aliphatic rings. The second-order valence-electron chi connectivity index (χ2n) is 3.82. The fourth-order valence-corrected chi connectivity index (χ4v) is 2.09. The minimum absolute atomic E-state index is 0.127. The number of rotatable bonds is 5. The Morgan fingerprint density at radius 3 is 3.05 bits per heavy atom. The summed E-state index contributed by atoms with van der Waals surface area (Å²) in [6.07, 6.45) is 1.65. The standard InChI is InChI=1S/C13H15N3O2S/c1-3-18-12-6-10(4-5-11(12)17)7-14-16-13-15-9(2)8-19-13/h4-8,17H,3H2,1-2H3,(H,15,16). The first-order chi connectivity index (χ1) is 9.19. The zero-order chi connectivity index (χ0) is 13.7. The lowest BCUT2D eigenvalue weighted by atomic mass is 10.2. The lowest BCUT2D eigenvalue weighted by Gasteiger charge is -2.05. The number of phenolic OH excluding ortho intramolecular Hbond substituents is 1. The molecule has 5 nitrogen and oxygen atoms in total. The molecule has 0 saturated heterocycles. The molecule has 0 fully saturated rings. The zero-order valence-electron chi connectivity index (χ0n) is 10.8. The van der Waals surface area contributed by atoms with Crippen LogP contribution >= 0.6 is 11.3 Å². The first-order valence-electron chi connectivity index (χ1n) is 5.86. The van der Waals surface area contributed by atoms with E-state index in [1.165, 1.54) is 11.3 Å². The molecule has 2 aromatic rings. The molecule has 0 saturated carbocycles. The minimum atomic E-state index is 0.127. The minimum Gasteiger partial charge on any atom is -0.504 e. The lowest BCUT2D eigenvalue weighted by molar-refractivity contribution is 0.318. The molecule has 0 radical (unpaired) electrons. The van der Waals surface area contributed by atoms with Crippen molar-refractivity contribution in [3.63, 3.8) is 0 Å². The highest BCUT2D eigenvalue weighted by molar-refractivity contribution is 7.13. The van der Waals surface area contributed by atoms with Gasteiger partial charge in [-0.3, -0.25) is 5.43 Å². The SMILES string of the molecule is CCOc1cc(C=NNc2nc(C)cs2)ccc1O. The highest BCUT2D eigenvalue weighted by atomic mass is 32.1. The molecule has 2 N–H and O–H groups in total. The van der Waals surface area contributed by atoms with Gasteiger partial charge in [0.05, 0.1) is 18.5 Å². The summed E-state index contributed by atoms with van der Waals surface area (Å²) >= 11 is 1.50. The van der Waals surface area contributed by atoms with Crippen LogP contribution < -0.4 is 10.2 Å². The summed E-state index contributed by atoms with van der Waals surface area (Å²) in [4.78, 5) is 4.23. The molecule has 6 heteroatoms. The van der Waals surface area contributed by atoms with Crippen molar-refractivity contribution >= 4 is 22.7 Å². The fraction of sp³-hybridized carbons (Fsp3) is 0.231. The number of hydrazone groups is 1. The Morgan fingerprint density at radius 2 is 2.37 bits per heavy atom. The Balaban J connectivity index is 2.04. The van der Waals surface area contributed by atoms with Crippen LogP contribution in [0.3, 0.4) is 0 Å². The Kier molecular flexibility index (Phi) is 4.35. The number of anilines is 1. The van der Waals surface area contributed by atoms with Crippen LogP contribution in [0.1, 0.15) is 18.2 Å².